The van der Waals surface area contributed by atoms with E-state index in [4.69, 9.17) is 0 Å². The smallest absolute Gasteiger partial charge is 0.138 e. The summed E-state index contributed by atoms with van der Waals surface area (Å²) in [4.78, 5) is 16.6. The second-order valence-corrected chi connectivity index (χ2v) is 8.42. The van der Waals surface area contributed by atoms with Crippen molar-refractivity contribution in [1.82, 2.24) is 30.1 Å². The number of nitrogens with one attached hydrogen (secondary N) is 3. The fourth-order valence-corrected chi connectivity index (χ4v) is 4.30. The lowest BCUT2D eigenvalue weighted by Gasteiger charge is -2.09. The molecule has 0 amide bonds. The Hall–Kier alpha value is -4.78. The number of nitrogens with zero attached hydrogens (tertiary/aromatic N) is 4. The molecule has 0 aliphatic rings. The van der Waals surface area contributed by atoms with Crippen molar-refractivity contribution in [2.75, 3.05) is 5.32 Å². The van der Waals surface area contributed by atoms with Crippen LogP contribution in [0.4, 0.5) is 5.69 Å². The van der Waals surface area contributed by atoms with Gasteiger partial charge in [0.15, 0.2) is 0 Å². The van der Waals surface area contributed by atoms with Crippen LogP contribution in [0.3, 0.4) is 0 Å². The van der Waals surface area contributed by atoms with Gasteiger partial charge in [-0.25, -0.2) is 4.98 Å². The van der Waals surface area contributed by atoms with Crippen LogP contribution in [0.5, 0.6) is 0 Å². The van der Waals surface area contributed by atoms with E-state index in [0.717, 1.165) is 73.4 Å². The summed E-state index contributed by atoms with van der Waals surface area (Å²) in [7, 11) is 0. The predicted molar refractivity (Wildman–Crippen MR) is 141 cm³/mol. The normalized spacial score (nSPS) is 11.2. The number of fused-ring (bicyclic) bond motifs is 2. The van der Waals surface area contributed by atoms with Crippen molar-refractivity contribution >= 4 is 27.6 Å². The van der Waals surface area contributed by atoms with Gasteiger partial charge in [-0.05, 0) is 65.6 Å². The number of aromatic amines is 2. The number of anilines is 1. The summed E-state index contributed by atoms with van der Waals surface area (Å²) in [5, 5.41) is 13.2. The molecule has 6 rings (SSSR count). The molecule has 0 unspecified atom stereocenters. The molecule has 3 N–H and O–H groups in total. The Bertz CT molecular complexity index is 1680. The van der Waals surface area contributed by atoms with E-state index >= 15 is 0 Å². The Morgan fingerprint density at radius 2 is 1.77 bits per heavy atom. The van der Waals surface area contributed by atoms with Crippen molar-refractivity contribution in [3.8, 4) is 33.6 Å². The molecular weight excluding hydrogens is 434 g/mol. The molecule has 0 aliphatic heterocycles. The number of rotatable bonds is 6. The molecule has 0 aliphatic carbocycles. The van der Waals surface area contributed by atoms with Crippen LogP contribution in [0.1, 0.15) is 13.3 Å². The van der Waals surface area contributed by atoms with Crippen LogP contribution < -0.4 is 5.32 Å². The maximum atomic E-state index is 4.63. The van der Waals surface area contributed by atoms with Gasteiger partial charge in [-0.3, -0.25) is 15.1 Å². The van der Waals surface area contributed by atoms with Crippen LogP contribution in [0.25, 0.3) is 55.6 Å². The standard InChI is InChI=1S/C28H23N7/c1-3-17(2)32-21-12-20(15-30-16-21)19-4-5-25-24(13-19)27(35-34-25)26-14-23-22(8-11-31-28(23)33-26)18-6-9-29-10-7-18/h4-16,32H,2-3H2,1H3,(H,31,33)(H,34,35). The highest BCUT2D eigenvalue weighted by Gasteiger charge is 2.15. The number of allylic oxidation sites excluding steroid dienone is 1. The average Bonchev–Trinajstić information content (AvgIpc) is 3.53. The van der Waals surface area contributed by atoms with Crippen molar-refractivity contribution in [1.29, 1.82) is 0 Å². The maximum Gasteiger partial charge on any atom is 0.138 e. The molecule has 5 heterocycles. The van der Waals surface area contributed by atoms with E-state index in [0.29, 0.717) is 0 Å². The lowest BCUT2D eigenvalue weighted by atomic mass is 10.0. The summed E-state index contributed by atoms with van der Waals surface area (Å²) in [6.45, 7) is 6.10. The van der Waals surface area contributed by atoms with Gasteiger partial charge in [-0.2, -0.15) is 5.10 Å². The molecule has 0 atom stereocenters. The van der Waals surface area contributed by atoms with Crippen LogP contribution in [-0.4, -0.2) is 30.1 Å². The van der Waals surface area contributed by atoms with Gasteiger partial charge in [0.2, 0.25) is 0 Å². The van der Waals surface area contributed by atoms with Crippen molar-refractivity contribution < 1.29 is 0 Å². The largest absolute Gasteiger partial charge is 0.358 e. The second-order valence-electron chi connectivity index (χ2n) is 8.42. The summed E-state index contributed by atoms with van der Waals surface area (Å²) < 4.78 is 0. The van der Waals surface area contributed by atoms with Crippen molar-refractivity contribution in [3.05, 3.63) is 91.8 Å². The first-order valence-electron chi connectivity index (χ1n) is 11.5. The Balaban J connectivity index is 1.43. The van der Waals surface area contributed by atoms with E-state index in [1.807, 2.05) is 36.8 Å². The molecule has 0 saturated heterocycles. The van der Waals surface area contributed by atoms with Gasteiger partial charge in [-0.15, -0.1) is 0 Å². The van der Waals surface area contributed by atoms with Crippen LogP contribution in [0.2, 0.25) is 0 Å². The molecule has 0 saturated carbocycles. The summed E-state index contributed by atoms with van der Waals surface area (Å²) >= 11 is 0. The van der Waals surface area contributed by atoms with Gasteiger partial charge in [0.1, 0.15) is 11.3 Å². The average molecular weight is 458 g/mol. The minimum atomic E-state index is 0.820. The number of hydrogen-bond acceptors (Lipinski definition) is 5. The Labute approximate surface area is 202 Å². The molecule has 6 aromatic rings. The highest BCUT2D eigenvalue weighted by Crippen LogP contribution is 2.34. The number of pyridine rings is 3. The zero-order chi connectivity index (χ0) is 23.8. The Kier molecular flexibility index (Phi) is 5.07. The van der Waals surface area contributed by atoms with E-state index in [-0.39, 0.29) is 0 Å². The highest BCUT2D eigenvalue weighted by molar-refractivity contribution is 6.00. The number of benzene rings is 1. The first-order chi connectivity index (χ1) is 17.2. The molecule has 0 radical (unpaired) electrons. The van der Waals surface area contributed by atoms with E-state index in [1.54, 1.807) is 12.4 Å². The monoisotopic (exact) mass is 457 g/mol. The highest BCUT2D eigenvalue weighted by atomic mass is 15.1. The molecule has 0 bridgehead atoms. The van der Waals surface area contributed by atoms with Gasteiger partial charge >= 0.3 is 0 Å². The number of hydrogen-bond donors (Lipinski definition) is 3. The van der Waals surface area contributed by atoms with Gasteiger partial charge in [0.05, 0.1) is 23.1 Å². The Morgan fingerprint density at radius 3 is 2.63 bits per heavy atom. The van der Waals surface area contributed by atoms with Gasteiger partial charge in [0.25, 0.3) is 0 Å². The van der Waals surface area contributed by atoms with Crippen molar-refractivity contribution in [3.63, 3.8) is 0 Å². The minimum Gasteiger partial charge on any atom is -0.358 e. The third kappa shape index (κ3) is 3.83. The third-order valence-electron chi connectivity index (χ3n) is 6.16. The second kappa shape index (κ2) is 8.53. The molecule has 7 nitrogen and oxygen atoms in total. The van der Waals surface area contributed by atoms with E-state index in [1.165, 1.54) is 0 Å². The van der Waals surface area contributed by atoms with E-state index < -0.39 is 0 Å². The molecule has 7 heteroatoms. The van der Waals surface area contributed by atoms with Gasteiger partial charge in [-0.1, -0.05) is 19.6 Å². The molecule has 0 spiro atoms. The minimum absolute atomic E-state index is 0.820. The topological polar surface area (TPSA) is 95.2 Å². The Morgan fingerprint density at radius 1 is 0.886 bits per heavy atom. The lowest BCUT2D eigenvalue weighted by molar-refractivity contribution is 1.11. The molecule has 35 heavy (non-hydrogen) atoms. The van der Waals surface area contributed by atoms with Crippen LogP contribution in [0, 0.1) is 0 Å². The molecule has 170 valence electrons. The fraction of sp³-hybridized carbons (Fsp3) is 0.0714. The quantitative estimate of drug-likeness (QED) is 0.263. The van der Waals surface area contributed by atoms with Crippen molar-refractivity contribution in [2.24, 2.45) is 0 Å². The lowest BCUT2D eigenvalue weighted by Crippen LogP contribution is -1.97. The maximum absolute atomic E-state index is 4.63. The summed E-state index contributed by atoms with van der Waals surface area (Å²) in [5.74, 6) is 0. The van der Waals surface area contributed by atoms with Crippen molar-refractivity contribution in [2.45, 2.75) is 13.3 Å². The SMILES string of the molecule is C=C(CC)Nc1cncc(-c2ccc3[nH]nc(-c4cc5c(-c6ccncc6)ccnc5[nH]4)c3c2)c1. The van der Waals surface area contributed by atoms with Gasteiger partial charge in [0, 0.05) is 46.8 Å². The fourth-order valence-electron chi connectivity index (χ4n) is 4.30. The zero-order valence-electron chi connectivity index (χ0n) is 19.2. The molecule has 5 aromatic heterocycles. The van der Waals surface area contributed by atoms with Crippen LogP contribution in [-0.2, 0) is 0 Å². The third-order valence-corrected chi connectivity index (χ3v) is 6.16. The molecular formula is C28H23N7. The van der Waals surface area contributed by atoms with E-state index in [2.05, 4.69) is 79.3 Å². The summed E-state index contributed by atoms with van der Waals surface area (Å²) in [6.07, 6.45) is 9.96. The van der Waals surface area contributed by atoms with Gasteiger partial charge < -0.3 is 10.3 Å². The number of aromatic nitrogens is 6. The first-order valence-corrected chi connectivity index (χ1v) is 11.5. The molecule has 1 aromatic carbocycles. The van der Waals surface area contributed by atoms with E-state index in [9.17, 15) is 0 Å². The summed E-state index contributed by atoms with van der Waals surface area (Å²) in [5.41, 5.74) is 9.70. The molecule has 0 fully saturated rings. The van der Waals surface area contributed by atoms with Crippen LogP contribution >= 0.6 is 0 Å². The van der Waals surface area contributed by atoms with Crippen LogP contribution in [0.15, 0.2) is 91.8 Å². The first kappa shape index (κ1) is 20.8. The summed E-state index contributed by atoms with van der Waals surface area (Å²) in [6, 6.07) is 16.5. The predicted octanol–water partition coefficient (Wildman–Crippen LogP) is 6.57. The zero-order valence-corrected chi connectivity index (χ0v) is 19.2. The number of H-pyrrole nitrogens is 2.